The van der Waals surface area contributed by atoms with Gasteiger partial charge in [0.05, 0.1) is 13.2 Å². The molecule has 4 nitrogen and oxygen atoms in total. The van der Waals surface area contributed by atoms with Crippen molar-refractivity contribution < 1.29 is 19.7 Å². The molecule has 0 radical (unpaired) electrons. The summed E-state index contributed by atoms with van der Waals surface area (Å²) in [5.74, 6) is -0.108. The molecule has 4 heteroatoms. The number of rotatable bonds is 16. The van der Waals surface area contributed by atoms with Gasteiger partial charge in [0.1, 0.15) is 0 Å². The van der Waals surface area contributed by atoms with Gasteiger partial charge in [-0.1, -0.05) is 64.0 Å². The summed E-state index contributed by atoms with van der Waals surface area (Å²) in [6, 6.07) is 0. The highest BCUT2D eigenvalue weighted by molar-refractivity contribution is 5.68. The SMILES string of the molecule is CCCCCCC(C/C=C\CCCCCCCC(=O)OC)OO. The van der Waals surface area contributed by atoms with Crippen LogP contribution >= 0.6 is 0 Å². The molecule has 0 rings (SSSR count). The zero-order chi connectivity index (χ0) is 17.2. The Labute approximate surface area is 142 Å². The lowest BCUT2D eigenvalue weighted by Crippen LogP contribution is -2.09. The molecule has 1 unspecified atom stereocenters. The molecule has 1 atom stereocenters. The Balaban J connectivity index is 3.42. The number of carbonyl (C=O) groups excluding carboxylic acids is 1. The molecular formula is C19H36O4. The summed E-state index contributed by atoms with van der Waals surface area (Å²) >= 11 is 0. The molecule has 136 valence electrons. The Morgan fingerprint density at radius 1 is 1.00 bits per heavy atom. The highest BCUT2D eigenvalue weighted by Crippen LogP contribution is 2.12. The minimum Gasteiger partial charge on any atom is -0.469 e. The highest BCUT2D eigenvalue weighted by atomic mass is 17.1. The molecule has 0 saturated heterocycles. The average Bonchev–Trinajstić information content (AvgIpc) is 2.57. The first-order valence-corrected chi connectivity index (χ1v) is 9.26. The number of hydrogen-bond acceptors (Lipinski definition) is 4. The molecular weight excluding hydrogens is 292 g/mol. The Kier molecular flexibility index (Phi) is 16.8. The normalized spacial score (nSPS) is 12.7. The first-order chi connectivity index (χ1) is 11.2. The van der Waals surface area contributed by atoms with Gasteiger partial charge >= 0.3 is 5.97 Å². The van der Waals surface area contributed by atoms with E-state index < -0.39 is 0 Å². The zero-order valence-electron chi connectivity index (χ0n) is 15.1. The van der Waals surface area contributed by atoms with Crippen LogP contribution in [0.5, 0.6) is 0 Å². The van der Waals surface area contributed by atoms with E-state index in [1.54, 1.807) is 0 Å². The van der Waals surface area contributed by atoms with E-state index in [0.29, 0.717) is 6.42 Å². The number of hydrogen-bond donors (Lipinski definition) is 1. The number of ether oxygens (including phenoxy) is 1. The second-order valence-corrected chi connectivity index (χ2v) is 6.17. The van der Waals surface area contributed by atoms with Gasteiger partial charge in [-0.25, -0.2) is 4.89 Å². The van der Waals surface area contributed by atoms with Crippen molar-refractivity contribution in [2.75, 3.05) is 7.11 Å². The fourth-order valence-corrected chi connectivity index (χ4v) is 2.54. The van der Waals surface area contributed by atoms with Crippen molar-refractivity contribution in [3.8, 4) is 0 Å². The lowest BCUT2D eigenvalue weighted by molar-refractivity contribution is -0.279. The smallest absolute Gasteiger partial charge is 0.305 e. The van der Waals surface area contributed by atoms with Crippen LogP contribution in [0.4, 0.5) is 0 Å². The van der Waals surface area contributed by atoms with Gasteiger partial charge in [0.2, 0.25) is 0 Å². The van der Waals surface area contributed by atoms with Crippen LogP contribution < -0.4 is 0 Å². The van der Waals surface area contributed by atoms with E-state index in [0.717, 1.165) is 38.5 Å². The monoisotopic (exact) mass is 328 g/mol. The van der Waals surface area contributed by atoms with E-state index in [1.807, 2.05) is 0 Å². The summed E-state index contributed by atoms with van der Waals surface area (Å²) in [6.07, 6.45) is 18.0. The fraction of sp³-hybridized carbons (Fsp3) is 0.842. The summed E-state index contributed by atoms with van der Waals surface area (Å²) in [5.41, 5.74) is 0. The quantitative estimate of drug-likeness (QED) is 0.130. The maximum absolute atomic E-state index is 10.9. The van der Waals surface area contributed by atoms with Gasteiger partial charge in [-0.3, -0.25) is 10.1 Å². The molecule has 0 spiro atoms. The van der Waals surface area contributed by atoms with Crippen molar-refractivity contribution in [3.63, 3.8) is 0 Å². The van der Waals surface area contributed by atoms with Crippen LogP contribution in [0.2, 0.25) is 0 Å². The van der Waals surface area contributed by atoms with Crippen LogP contribution in [0.3, 0.4) is 0 Å². The van der Waals surface area contributed by atoms with E-state index in [1.165, 1.54) is 45.6 Å². The lowest BCUT2D eigenvalue weighted by atomic mass is 10.1. The lowest BCUT2D eigenvalue weighted by Gasteiger charge is -2.10. The van der Waals surface area contributed by atoms with Gasteiger partial charge in [0.25, 0.3) is 0 Å². The van der Waals surface area contributed by atoms with Crippen molar-refractivity contribution in [2.45, 2.75) is 96.5 Å². The van der Waals surface area contributed by atoms with Gasteiger partial charge in [0, 0.05) is 6.42 Å². The van der Waals surface area contributed by atoms with E-state index in [9.17, 15) is 4.79 Å². The molecule has 0 aromatic rings. The summed E-state index contributed by atoms with van der Waals surface area (Å²) in [6.45, 7) is 2.20. The first kappa shape index (κ1) is 22.1. The molecule has 0 bridgehead atoms. The van der Waals surface area contributed by atoms with E-state index >= 15 is 0 Å². The molecule has 23 heavy (non-hydrogen) atoms. The Hall–Kier alpha value is -0.870. The van der Waals surface area contributed by atoms with Gasteiger partial charge in [0.15, 0.2) is 0 Å². The van der Waals surface area contributed by atoms with E-state index in [4.69, 9.17) is 5.26 Å². The highest BCUT2D eigenvalue weighted by Gasteiger charge is 2.06. The van der Waals surface area contributed by atoms with Crippen molar-refractivity contribution in [1.82, 2.24) is 0 Å². The minimum atomic E-state index is -0.108. The Bertz CT molecular complexity index is 289. The number of allylic oxidation sites excluding steroid dienone is 1. The molecule has 0 aromatic heterocycles. The van der Waals surface area contributed by atoms with E-state index in [-0.39, 0.29) is 12.1 Å². The molecule has 1 N–H and O–H groups in total. The second kappa shape index (κ2) is 17.5. The van der Waals surface area contributed by atoms with Crippen molar-refractivity contribution in [1.29, 1.82) is 0 Å². The van der Waals surface area contributed by atoms with Gasteiger partial charge in [-0.15, -0.1) is 0 Å². The summed E-state index contributed by atoms with van der Waals surface area (Å²) in [7, 11) is 1.44. The molecule has 0 aromatic carbocycles. The zero-order valence-corrected chi connectivity index (χ0v) is 15.1. The van der Waals surface area contributed by atoms with Crippen LogP contribution in [0.15, 0.2) is 12.2 Å². The van der Waals surface area contributed by atoms with Gasteiger partial charge in [-0.05, 0) is 32.1 Å². The standard InChI is InChI=1S/C19H36O4/c1-3-4-5-12-15-18(23-21)16-13-10-8-6-7-9-11-14-17-19(20)22-2/h10,13,18,21H,3-9,11-12,14-17H2,1-2H3/b13-10-. The van der Waals surface area contributed by atoms with Crippen LogP contribution in [-0.2, 0) is 14.4 Å². The maximum atomic E-state index is 10.9. The third-order valence-electron chi connectivity index (χ3n) is 4.07. The summed E-state index contributed by atoms with van der Waals surface area (Å²) in [4.78, 5) is 15.5. The molecule has 0 heterocycles. The Morgan fingerprint density at radius 2 is 1.70 bits per heavy atom. The van der Waals surface area contributed by atoms with Crippen LogP contribution in [-0.4, -0.2) is 24.4 Å². The largest absolute Gasteiger partial charge is 0.469 e. The predicted octanol–water partition coefficient (Wildman–Crippen LogP) is 5.67. The van der Waals surface area contributed by atoms with Crippen molar-refractivity contribution in [2.24, 2.45) is 0 Å². The van der Waals surface area contributed by atoms with Crippen LogP contribution in [0, 0.1) is 0 Å². The molecule has 0 amide bonds. The van der Waals surface area contributed by atoms with Gasteiger partial charge < -0.3 is 4.74 Å². The number of carbonyl (C=O) groups is 1. The number of esters is 1. The van der Waals surface area contributed by atoms with Crippen LogP contribution in [0.25, 0.3) is 0 Å². The molecule has 0 aliphatic heterocycles. The predicted molar refractivity (Wildman–Crippen MR) is 94.4 cm³/mol. The first-order valence-electron chi connectivity index (χ1n) is 9.26. The second-order valence-electron chi connectivity index (χ2n) is 6.17. The van der Waals surface area contributed by atoms with E-state index in [2.05, 4.69) is 28.7 Å². The third kappa shape index (κ3) is 15.8. The number of unbranched alkanes of at least 4 members (excludes halogenated alkanes) is 8. The number of methoxy groups -OCH3 is 1. The molecule has 0 aliphatic rings. The minimum absolute atomic E-state index is 0.0542. The van der Waals surface area contributed by atoms with Crippen LogP contribution in [0.1, 0.15) is 90.4 Å². The Morgan fingerprint density at radius 3 is 2.39 bits per heavy atom. The topological polar surface area (TPSA) is 55.8 Å². The van der Waals surface area contributed by atoms with Crippen molar-refractivity contribution in [3.05, 3.63) is 12.2 Å². The average molecular weight is 328 g/mol. The maximum Gasteiger partial charge on any atom is 0.305 e. The van der Waals surface area contributed by atoms with Crippen molar-refractivity contribution >= 4 is 5.97 Å². The van der Waals surface area contributed by atoms with Gasteiger partial charge in [-0.2, -0.15) is 0 Å². The molecule has 0 saturated carbocycles. The third-order valence-corrected chi connectivity index (χ3v) is 4.07. The summed E-state index contributed by atoms with van der Waals surface area (Å²) < 4.78 is 4.61. The summed E-state index contributed by atoms with van der Waals surface area (Å²) in [5, 5.41) is 8.90. The fourth-order valence-electron chi connectivity index (χ4n) is 2.54. The molecule has 0 fully saturated rings. The molecule has 0 aliphatic carbocycles.